The number of benzene rings is 2. The van der Waals surface area contributed by atoms with Crippen LogP contribution >= 0.6 is 11.6 Å². The van der Waals surface area contributed by atoms with Gasteiger partial charge in [-0.15, -0.1) is 0 Å². The SMILES string of the molecule is O=C1c2cnc(Nc3ccc(N4CCNCC4)cc3)nc2NCN1c1ccccc1Cl. The number of nitrogens with zero attached hydrogens (tertiary/aromatic N) is 4. The Kier molecular flexibility index (Phi) is 5.31. The Balaban J connectivity index is 1.31. The highest BCUT2D eigenvalue weighted by molar-refractivity contribution is 6.34. The summed E-state index contributed by atoms with van der Waals surface area (Å²) in [4.78, 5) is 25.7. The highest BCUT2D eigenvalue weighted by Crippen LogP contribution is 2.30. The number of rotatable bonds is 4. The summed E-state index contributed by atoms with van der Waals surface area (Å²) in [6.45, 7) is 4.30. The summed E-state index contributed by atoms with van der Waals surface area (Å²) >= 11 is 6.26. The van der Waals surface area contributed by atoms with E-state index in [4.69, 9.17) is 11.6 Å². The Morgan fingerprint density at radius 3 is 2.58 bits per heavy atom. The quantitative estimate of drug-likeness (QED) is 0.579. The van der Waals surface area contributed by atoms with Gasteiger partial charge in [0.2, 0.25) is 5.95 Å². The molecule has 2 aliphatic rings. The summed E-state index contributed by atoms with van der Waals surface area (Å²) in [5.74, 6) is 0.747. The number of aromatic nitrogens is 2. The van der Waals surface area contributed by atoms with Gasteiger partial charge in [0.1, 0.15) is 11.4 Å². The standard InChI is InChI=1S/C22H22ClN7O/c23-18-3-1-2-4-19(18)30-14-26-20-17(21(30)31)13-25-22(28-20)27-15-5-7-16(8-6-15)29-11-9-24-10-12-29/h1-8,13,24H,9-12,14H2,(H2,25,26,27,28). The number of fused-ring (bicyclic) bond motifs is 1. The third-order valence-corrected chi connectivity index (χ3v) is 5.74. The highest BCUT2D eigenvalue weighted by Gasteiger charge is 2.28. The largest absolute Gasteiger partial charge is 0.369 e. The van der Waals surface area contributed by atoms with E-state index >= 15 is 0 Å². The molecule has 2 aliphatic heterocycles. The molecule has 3 heterocycles. The Hall–Kier alpha value is -3.36. The molecule has 1 aromatic heterocycles. The fourth-order valence-electron chi connectivity index (χ4n) is 3.78. The molecule has 0 unspecified atom stereocenters. The van der Waals surface area contributed by atoms with Gasteiger partial charge in [0.25, 0.3) is 5.91 Å². The number of piperazine rings is 1. The first-order chi connectivity index (χ1) is 15.2. The van der Waals surface area contributed by atoms with Crippen LogP contribution in [0.25, 0.3) is 0 Å². The van der Waals surface area contributed by atoms with Gasteiger partial charge in [0.05, 0.1) is 17.4 Å². The molecular weight excluding hydrogens is 414 g/mol. The molecule has 9 heteroatoms. The molecule has 3 N–H and O–H groups in total. The molecule has 0 aliphatic carbocycles. The zero-order valence-corrected chi connectivity index (χ0v) is 17.6. The summed E-state index contributed by atoms with van der Waals surface area (Å²) in [5, 5.41) is 10.3. The van der Waals surface area contributed by atoms with Crippen LogP contribution in [0.3, 0.4) is 0 Å². The Morgan fingerprint density at radius 2 is 1.81 bits per heavy atom. The fourth-order valence-corrected chi connectivity index (χ4v) is 4.02. The molecule has 2 aromatic carbocycles. The van der Waals surface area contributed by atoms with Crippen LogP contribution in [0.15, 0.2) is 54.7 Å². The van der Waals surface area contributed by atoms with Gasteiger partial charge in [-0.2, -0.15) is 4.98 Å². The number of anilines is 5. The van der Waals surface area contributed by atoms with E-state index in [1.165, 1.54) is 11.9 Å². The third kappa shape index (κ3) is 3.99. The fraction of sp³-hybridized carbons (Fsp3) is 0.227. The van der Waals surface area contributed by atoms with Crippen molar-refractivity contribution in [3.8, 4) is 0 Å². The normalized spacial score (nSPS) is 16.0. The van der Waals surface area contributed by atoms with Gasteiger partial charge < -0.3 is 20.9 Å². The Morgan fingerprint density at radius 1 is 1.03 bits per heavy atom. The molecule has 0 spiro atoms. The van der Waals surface area contributed by atoms with Crippen LogP contribution in [0.4, 0.5) is 28.8 Å². The molecule has 8 nitrogen and oxygen atoms in total. The molecule has 1 saturated heterocycles. The molecule has 0 bridgehead atoms. The topological polar surface area (TPSA) is 85.4 Å². The zero-order chi connectivity index (χ0) is 21.2. The molecular formula is C22H22ClN7O. The summed E-state index contributed by atoms with van der Waals surface area (Å²) in [6, 6.07) is 15.5. The average Bonchev–Trinajstić information content (AvgIpc) is 2.81. The molecule has 3 aromatic rings. The van der Waals surface area contributed by atoms with E-state index in [0.29, 0.717) is 28.0 Å². The smallest absolute Gasteiger partial charge is 0.265 e. The van der Waals surface area contributed by atoms with Crippen LogP contribution in [0, 0.1) is 0 Å². The number of nitrogens with one attached hydrogen (secondary N) is 3. The maximum absolute atomic E-state index is 12.9. The lowest BCUT2D eigenvalue weighted by atomic mass is 10.2. The lowest BCUT2D eigenvalue weighted by molar-refractivity contribution is 0.0985. The van der Waals surface area contributed by atoms with Crippen molar-refractivity contribution in [2.45, 2.75) is 0 Å². The zero-order valence-electron chi connectivity index (χ0n) is 16.8. The highest BCUT2D eigenvalue weighted by atomic mass is 35.5. The van der Waals surface area contributed by atoms with Crippen molar-refractivity contribution in [3.63, 3.8) is 0 Å². The van der Waals surface area contributed by atoms with E-state index in [9.17, 15) is 4.79 Å². The molecule has 0 radical (unpaired) electrons. The second kappa shape index (κ2) is 8.41. The maximum Gasteiger partial charge on any atom is 0.265 e. The lowest BCUT2D eigenvalue weighted by Gasteiger charge is -2.29. The van der Waals surface area contributed by atoms with E-state index in [1.807, 2.05) is 30.3 Å². The van der Waals surface area contributed by atoms with Crippen molar-refractivity contribution in [3.05, 3.63) is 65.3 Å². The van der Waals surface area contributed by atoms with Crippen LogP contribution < -0.4 is 25.8 Å². The van der Waals surface area contributed by atoms with E-state index in [-0.39, 0.29) is 12.6 Å². The van der Waals surface area contributed by atoms with Crippen LogP contribution in [0.2, 0.25) is 5.02 Å². The van der Waals surface area contributed by atoms with E-state index in [1.54, 1.807) is 11.0 Å². The number of hydrogen-bond donors (Lipinski definition) is 3. The van der Waals surface area contributed by atoms with Gasteiger partial charge in [0, 0.05) is 43.8 Å². The summed E-state index contributed by atoms with van der Waals surface area (Å²) < 4.78 is 0. The molecule has 1 amide bonds. The van der Waals surface area contributed by atoms with Crippen molar-refractivity contribution >= 4 is 46.3 Å². The van der Waals surface area contributed by atoms with E-state index in [0.717, 1.165) is 31.9 Å². The third-order valence-electron chi connectivity index (χ3n) is 5.42. The Bertz CT molecular complexity index is 1100. The van der Waals surface area contributed by atoms with Gasteiger partial charge in [-0.05, 0) is 36.4 Å². The average molecular weight is 436 g/mol. The molecule has 158 valence electrons. The molecule has 0 atom stereocenters. The predicted octanol–water partition coefficient (Wildman–Crippen LogP) is 3.31. The van der Waals surface area contributed by atoms with E-state index in [2.05, 4.69) is 43.0 Å². The van der Waals surface area contributed by atoms with Gasteiger partial charge in [-0.25, -0.2) is 4.98 Å². The molecule has 0 saturated carbocycles. The van der Waals surface area contributed by atoms with Gasteiger partial charge in [0.15, 0.2) is 0 Å². The van der Waals surface area contributed by atoms with Crippen molar-refractivity contribution in [2.75, 3.05) is 53.3 Å². The number of carbonyl (C=O) groups excluding carboxylic acids is 1. The van der Waals surface area contributed by atoms with Crippen molar-refractivity contribution in [1.29, 1.82) is 0 Å². The van der Waals surface area contributed by atoms with Crippen molar-refractivity contribution in [1.82, 2.24) is 15.3 Å². The number of hydrogen-bond acceptors (Lipinski definition) is 7. The predicted molar refractivity (Wildman–Crippen MR) is 124 cm³/mol. The van der Waals surface area contributed by atoms with Crippen LogP contribution in [-0.4, -0.2) is 48.7 Å². The summed E-state index contributed by atoms with van der Waals surface area (Å²) in [7, 11) is 0. The number of para-hydroxylation sites is 1. The summed E-state index contributed by atoms with van der Waals surface area (Å²) in [6.07, 6.45) is 1.54. The first-order valence-corrected chi connectivity index (χ1v) is 10.6. The van der Waals surface area contributed by atoms with Gasteiger partial charge in [-0.1, -0.05) is 23.7 Å². The first-order valence-electron chi connectivity index (χ1n) is 10.2. The number of halogens is 1. The number of carbonyl (C=O) groups is 1. The van der Waals surface area contributed by atoms with Gasteiger partial charge in [-0.3, -0.25) is 9.69 Å². The summed E-state index contributed by atoms with van der Waals surface area (Å²) in [5.41, 5.74) is 3.15. The van der Waals surface area contributed by atoms with Crippen LogP contribution in [0.1, 0.15) is 10.4 Å². The molecule has 31 heavy (non-hydrogen) atoms. The molecule has 1 fully saturated rings. The lowest BCUT2D eigenvalue weighted by Crippen LogP contribution is -2.43. The van der Waals surface area contributed by atoms with E-state index < -0.39 is 0 Å². The van der Waals surface area contributed by atoms with Crippen LogP contribution in [-0.2, 0) is 0 Å². The second-order valence-corrected chi connectivity index (χ2v) is 7.79. The van der Waals surface area contributed by atoms with Crippen molar-refractivity contribution < 1.29 is 4.79 Å². The van der Waals surface area contributed by atoms with Gasteiger partial charge >= 0.3 is 0 Å². The monoisotopic (exact) mass is 435 g/mol. The van der Waals surface area contributed by atoms with Crippen LogP contribution in [0.5, 0.6) is 0 Å². The minimum absolute atomic E-state index is 0.186. The maximum atomic E-state index is 12.9. The Labute approximate surface area is 185 Å². The minimum Gasteiger partial charge on any atom is -0.369 e. The number of amides is 1. The van der Waals surface area contributed by atoms with Crippen molar-refractivity contribution in [2.24, 2.45) is 0 Å². The first kappa shape index (κ1) is 19.6. The second-order valence-electron chi connectivity index (χ2n) is 7.38. The minimum atomic E-state index is -0.186. The molecule has 5 rings (SSSR count).